The number of carbonyl (C=O) groups excluding carboxylic acids is 2. The molecule has 1 aliphatic rings. The molecule has 1 saturated heterocycles. The first-order valence-corrected chi connectivity index (χ1v) is 12.9. The summed E-state index contributed by atoms with van der Waals surface area (Å²) in [4.78, 5) is 28.9. The number of rotatable bonds is 6. The molecule has 1 aromatic heterocycles. The predicted octanol–water partition coefficient (Wildman–Crippen LogP) is 2.71. The van der Waals surface area contributed by atoms with Crippen molar-refractivity contribution in [1.82, 2.24) is 9.47 Å². The van der Waals surface area contributed by atoms with Crippen LogP contribution in [-0.4, -0.2) is 67.8 Å². The van der Waals surface area contributed by atoms with Crippen LogP contribution < -0.4 is 4.90 Å². The quantitative estimate of drug-likeness (QED) is 0.538. The molecule has 1 aliphatic heterocycles. The summed E-state index contributed by atoms with van der Waals surface area (Å²) in [5, 5.41) is 0.495. The van der Waals surface area contributed by atoms with Gasteiger partial charge in [0.2, 0.25) is 11.8 Å². The maximum Gasteiger partial charge on any atom is 0.242 e. The molecule has 4 rings (SSSR count). The molecule has 0 saturated carbocycles. The molecule has 3 aromatic rings. The highest BCUT2D eigenvalue weighted by Crippen LogP contribution is 2.27. The zero-order valence-electron chi connectivity index (χ0n) is 19.5. The van der Waals surface area contributed by atoms with Gasteiger partial charge in [-0.2, -0.15) is 0 Å². The molecule has 0 unspecified atom stereocenters. The number of para-hydroxylation sites is 2. The Kier molecular flexibility index (Phi) is 6.77. The van der Waals surface area contributed by atoms with Crippen molar-refractivity contribution < 1.29 is 22.7 Å². The lowest BCUT2D eigenvalue weighted by Gasteiger charge is -2.35. The topological polar surface area (TPSA) is 88.9 Å². The molecule has 1 fully saturated rings. The summed E-state index contributed by atoms with van der Waals surface area (Å²) in [5.41, 5.74) is 1.25. The van der Waals surface area contributed by atoms with Gasteiger partial charge in [0, 0.05) is 42.9 Å². The average molecular weight is 484 g/mol. The lowest BCUT2D eigenvalue weighted by Crippen LogP contribution is -2.49. The van der Waals surface area contributed by atoms with Crippen molar-refractivity contribution >= 4 is 38.2 Å². The molecule has 0 aliphatic carbocycles. The summed E-state index contributed by atoms with van der Waals surface area (Å²) in [6.45, 7) is 4.85. The van der Waals surface area contributed by atoms with Gasteiger partial charge in [0.25, 0.3) is 0 Å². The van der Waals surface area contributed by atoms with Gasteiger partial charge in [-0.1, -0.05) is 36.4 Å². The highest BCUT2D eigenvalue weighted by atomic mass is 32.2. The minimum Gasteiger partial charge on any atom is -0.372 e. The van der Waals surface area contributed by atoms with Gasteiger partial charge in [0.1, 0.15) is 12.3 Å². The van der Waals surface area contributed by atoms with E-state index in [9.17, 15) is 18.0 Å². The SMILES string of the molecule is C[C@@H]1CN(C(=O)Cn2cc(S(=O)(=O)CC(=O)N(C)c3ccccc3)c3ccccc32)C[C@@H](C)O1. The third kappa shape index (κ3) is 5.00. The van der Waals surface area contributed by atoms with Crippen LogP contribution in [0.5, 0.6) is 0 Å². The van der Waals surface area contributed by atoms with Crippen molar-refractivity contribution in [3.8, 4) is 0 Å². The number of morpholine rings is 1. The first kappa shape index (κ1) is 24.0. The summed E-state index contributed by atoms with van der Waals surface area (Å²) < 4.78 is 34.0. The molecule has 2 amide bonds. The van der Waals surface area contributed by atoms with Crippen LogP contribution in [0.3, 0.4) is 0 Å². The molecule has 0 radical (unpaired) electrons. The minimum atomic E-state index is -3.95. The Labute approximate surface area is 199 Å². The number of nitrogens with zero attached hydrogens (tertiary/aromatic N) is 3. The van der Waals surface area contributed by atoms with Crippen LogP contribution in [0.15, 0.2) is 65.7 Å². The van der Waals surface area contributed by atoms with Crippen LogP contribution in [-0.2, 0) is 30.7 Å². The number of hydrogen-bond donors (Lipinski definition) is 0. The van der Waals surface area contributed by atoms with E-state index in [0.717, 1.165) is 0 Å². The Morgan fingerprint density at radius 3 is 2.29 bits per heavy atom. The number of carbonyl (C=O) groups is 2. The van der Waals surface area contributed by atoms with Crippen LogP contribution >= 0.6 is 0 Å². The fraction of sp³-hybridized carbons (Fsp3) is 0.360. The summed E-state index contributed by atoms with van der Waals surface area (Å²) in [5.74, 6) is -1.30. The van der Waals surface area contributed by atoms with E-state index in [0.29, 0.717) is 29.7 Å². The highest BCUT2D eigenvalue weighted by molar-refractivity contribution is 7.92. The van der Waals surface area contributed by atoms with Crippen molar-refractivity contribution in [2.24, 2.45) is 0 Å². The van der Waals surface area contributed by atoms with Crippen molar-refractivity contribution in [1.29, 1.82) is 0 Å². The van der Waals surface area contributed by atoms with Gasteiger partial charge >= 0.3 is 0 Å². The molecule has 2 heterocycles. The Morgan fingerprint density at radius 2 is 1.62 bits per heavy atom. The fourth-order valence-corrected chi connectivity index (χ4v) is 5.82. The molecular formula is C25H29N3O5S. The van der Waals surface area contributed by atoms with Gasteiger partial charge in [0.05, 0.1) is 17.1 Å². The number of sulfone groups is 1. The monoisotopic (exact) mass is 483 g/mol. The van der Waals surface area contributed by atoms with Gasteiger partial charge in [-0.05, 0) is 32.0 Å². The molecule has 0 spiro atoms. The second kappa shape index (κ2) is 9.60. The second-order valence-electron chi connectivity index (χ2n) is 8.74. The van der Waals surface area contributed by atoms with E-state index in [4.69, 9.17) is 4.74 Å². The largest absolute Gasteiger partial charge is 0.372 e. The van der Waals surface area contributed by atoms with E-state index in [-0.39, 0.29) is 29.6 Å². The number of hydrogen-bond acceptors (Lipinski definition) is 5. The number of anilines is 1. The van der Waals surface area contributed by atoms with Crippen LogP contribution in [0.25, 0.3) is 10.9 Å². The molecule has 0 bridgehead atoms. The lowest BCUT2D eigenvalue weighted by molar-refractivity contribution is -0.143. The molecule has 0 N–H and O–H groups in total. The smallest absolute Gasteiger partial charge is 0.242 e. The number of ether oxygens (including phenoxy) is 1. The summed E-state index contributed by atoms with van der Waals surface area (Å²) in [6, 6.07) is 15.9. The van der Waals surface area contributed by atoms with Gasteiger partial charge < -0.3 is 19.1 Å². The van der Waals surface area contributed by atoms with E-state index >= 15 is 0 Å². The third-order valence-electron chi connectivity index (χ3n) is 6.00. The molecule has 2 atom stereocenters. The van der Waals surface area contributed by atoms with E-state index in [2.05, 4.69) is 0 Å². The van der Waals surface area contributed by atoms with E-state index in [1.54, 1.807) is 65.0 Å². The normalized spacial score (nSPS) is 18.7. The maximum absolute atomic E-state index is 13.3. The maximum atomic E-state index is 13.3. The van der Waals surface area contributed by atoms with Gasteiger partial charge in [0.15, 0.2) is 9.84 Å². The van der Waals surface area contributed by atoms with Crippen molar-refractivity contribution in [2.75, 3.05) is 30.8 Å². The van der Waals surface area contributed by atoms with Gasteiger partial charge in [-0.15, -0.1) is 0 Å². The van der Waals surface area contributed by atoms with Crippen molar-refractivity contribution in [3.05, 3.63) is 60.8 Å². The molecule has 2 aromatic carbocycles. The zero-order valence-corrected chi connectivity index (χ0v) is 20.4. The number of fused-ring (bicyclic) bond motifs is 1. The fourth-order valence-electron chi connectivity index (χ4n) is 4.35. The minimum absolute atomic E-state index is 0.00728. The summed E-state index contributed by atoms with van der Waals surface area (Å²) >= 11 is 0. The van der Waals surface area contributed by atoms with Crippen molar-refractivity contribution in [2.45, 2.75) is 37.5 Å². The number of aromatic nitrogens is 1. The van der Waals surface area contributed by atoms with E-state index in [1.165, 1.54) is 11.1 Å². The number of benzene rings is 2. The molecule has 8 nitrogen and oxygen atoms in total. The third-order valence-corrected chi connectivity index (χ3v) is 7.62. The van der Waals surface area contributed by atoms with Crippen LogP contribution in [0.2, 0.25) is 0 Å². The Balaban J connectivity index is 1.59. The molecule has 180 valence electrons. The van der Waals surface area contributed by atoms with Crippen molar-refractivity contribution in [3.63, 3.8) is 0 Å². The van der Waals surface area contributed by atoms with Gasteiger partial charge in [-0.25, -0.2) is 8.42 Å². The molecule has 9 heteroatoms. The first-order chi connectivity index (χ1) is 16.2. The predicted molar refractivity (Wildman–Crippen MR) is 130 cm³/mol. The highest BCUT2D eigenvalue weighted by Gasteiger charge is 2.29. The summed E-state index contributed by atoms with van der Waals surface area (Å²) in [7, 11) is -2.40. The molecule has 34 heavy (non-hydrogen) atoms. The molecular weight excluding hydrogens is 454 g/mol. The van der Waals surface area contributed by atoms with Crippen LogP contribution in [0, 0.1) is 0 Å². The Bertz CT molecular complexity index is 1290. The average Bonchev–Trinajstić information content (AvgIpc) is 3.17. The lowest BCUT2D eigenvalue weighted by atomic mass is 10.2. The Hall–Kier alpha value is -3.17. The van der Waals surface area contributed by atoms with Gasteiger partial charge in [-0.3, -0.25) is 9.59 Å². The first-order valence-electron chi connectivity index (χ1n) is 11.2. The standard InChI is InChI=1S/C25H29N3O5S/c1-18-13-28(14-19(2)33-18)24(29)16-27-15-23(21-11-7-8-12-22(21)27)34(31,32)17-25(30)26(3)20-9-5-4-6-10-20/h4-12,15,18-19H,13-14,16-17H2,1-3H3/t18-,19-/m1/s1. The summed E-state index contributed by atoms with van der Waals surface area (Å²) in [6.07, 6.45) is 1.36. The van der Waals surface area contributed by atoms with E-state index < -0.39 is 21.5 Å². The van der Waals surface area contributed by atoms with Crippen LogP contribution in [0.1, 0.15) is 13.8 Å². The second-order valence-corrected chi connectivity index (χ2v) is 10.7. The van der Waals surface area contributed by atoms with Crippen LogP contribution in [0.4, 0.5) is 5.69 Å². The number of amides is 2. The zero-order chi connectivity index (χ0) is 24.5. The van der Waals surface area contributed by atoms with E-state index in [1.807, 2.05) is 19.9 Å². The Morgan fingerprint density at radius 1 is 1.00 bits per heavy atom.